The molecule has 242 valence electrons. The molecule has 43 heavy (non-hydrogen) atoms. The lowest BCUT2D eigenvalue weighted by atomic mass is 9.87. The van der Waals surface area contributed by atoms with E-state index in [2.05, 4.69) is 120 Å². The standard InChI is InChI=1S/C36H54O2.H2O4S/c1-25(2)13-17-31-32(18-14-26(3)4)36(38-24-22-30(11)12)34(20-16-28(7)8)33(19-15-27(5)6)35(31)37-23-21-29(9)10;1-5(2,3)4/h13-16,21-22H,17-20,23-24H2,1-12H3;(H2,1,2,3,4). The Morgan fingerprint density at radius 3 is 0.814 bits per heavy atom. The zero-order valence-corrected chi connectivity index (χ0v) is 29.5. The molecule has 0 saturated heterocycles. The van der Waals surface area contributed by atoms with Crippen LogP contribution in [0.4, 0.5) is 0 Å². The maximum Gasteiger partial charge on any atom is 0.394 e. The van der Waals surface area contributed by atoms with Gasteiger partial charge in [-0.1, -0.05) is 57.7 Å². The summed E-state index contributed by atoms with van der Waals surface area (Å²) in [7, 11) is -4.67. The number of hydrogen-bond acceptors (Lipinski definition) is 4. The van der Waals surface area contributed by atoms with Crippen LogP contribution in [0.1, 0.15) is 105 Å². The van der Waals surface area contributed by atoms with Crippen molar-refractivity contribution in [3.05, 3.63) is 92.1 Å². The molecular formula is C36H56O6S. The van der Waals surface area contributed by atoms with Crippen molar-refractivity contribution in [2.24, 2.45) is 0 Å². The molecule has 0 spiro atoms. The van der Waals surface area contributed by atoms with Gasteiger partial charge in [-0.25, -0.2) is 0 Å². The van der Waals surface area contributed by atoms with E-state index in [-0.39, 0.29) is 0 Å². The first-order chi connectivity index (χ1) is 19.8. The molecular weight excluding hydrogens is 560 g/mol. The van der Waals surface area contributed by atoms with Gasteiger partial charge in [0.2, 0.25) is 0 Å². The smallest absolute Gasteiger partial charge is 0.394 e. The minimum absolute atomic E-state index is 0.564. The lowest BCUT2D eigenvalue weighted by molar-refractivity contribution is 0.340. The summed E-state index contributed by atoms with van der Waals surface area (Å²) in [6, 6.07) is 0. The van der Waals surface area contributed by atoms with Crippen LogP contribution in [-0.2, 0) is 36.1 Å². The van der Waals surface area contributed by atoms with Crippen LogP contribution in [-0.4, -0.2) is 30.7 Å². The molecule has 2 N–H and O–H groups in total. The quantitative estimate of drug-likeness (QED) is 0.160. The van der Waals surface area contributed by atoms with Gasteiger partial charge in [-0.15, -0.1) is 0 Å². The molecule has 7 heteroatoms. The summed E-state index contributed by atoms with van der Waals surface area (Å²) in [5.74, 6) is 2.06. The molecule has 0 aromatic heterocycles. The molecule has 0 unspecified atom stereocenters. The minimum Gasteiger partial charge on any atom is -0.489 e. The van der Waals surface area contributed by atoms with E-state index in [4.69, 9.17) is 27.0 Å². The number of rotatable bonds is 14. The molecule has 6 nitrogen and oxygen atoms in total. The first-order valence-electron chi connectivity index (χ1n) is 14.8. The Morgan fingerprint density at radius 2 is 0.651 bits per heavy atom. The fraction of sp³-hybridized carbons (Fsp3) is 0.500. The van der Waals surface area contributed by atoms with Crippen molar-refractivity contribution in [3.63, 3.8) is 0 Å². The average Bonchev–Trinajstić information content (AvgIpc) is 2.83. The fourth-order valence-corrected chi connectivity index (χ4v) is 3.93. The van der Waals surface area contributed by atoms with Gasteiger partial charge in [-0.3, -0.25) is 9.11 Å². The first kappa shape index (κ1) is 40.1. The monoisotopic (exact) mass is 616 g/mol. The molecule has 0 atom stereocenters. The third kappa shape index (κ3) is 19.1. The number of allylic oxidation sites excluding steroid dienone is 10. The van der Waals surface area contributed by atoms with Crippen LogP contribution in [0.5, 0.6) is 11.5 Å². The third-order valence-corrected chi connectivity index (χ3v) is 6.12. The zero-order valence-electron chi connectivity index (χ0n) is 28.6. The maximum atomic E-state index is 8.74. The van der Waals surface area contributed by atoms with Gasteiger partial charge in [-0.2, -0.15) is 8.42 Å². The predicted octanol–water partition coefficient (Wildman–Crippen LogP) is 9.76. The van der Waals surface area contributed by atoms with Gasteiger partial charge < -0.3 is 9.47 Å². The second-order valence-electron chi connectivity index (χ2n) is 12.1. The van der Waals surface area contributed by atoms with Crippen LogP contribution in [0.15, 0.2) is 69.9 Å². The molecule has 1 rings (SSSR count). The Bertz CT molecular complexity index is 1170. The summed E-state index contributed by atoms with van der Waals surface area (Å²) in [4.78, 5) is 0. The van der Waals surface area contributed by atoms with E-state index >= 15 is 0 Å². The molecule has 0 aliphatic heterocycles. The molecule has 1 aromatic rings. The Kier molecular flexibility index (Phi) is 18.8. The number of benzene rings is 1. The topological polar surface area (TPSA) is 93.1 Å². The van der Waals surface area contributed by atoms with Gasteiger partial charge in [0.1, 0.15) is 24.7 Å². The summed E-state index contributed by atoms with van der Waals surface area (Å²) in [6.07, 6.45) is 16.9. The van der Waals surface area contributed by atoms with Crippen LogP contribution in [0.3, 0.4) is 0 Å². The highest BCUT2D eigenvalue weighted by Crippen LogP contribution is 2.42. The maximum absolute atomic E-state index is 8.74. The summed E-state index contributed by atoms with van der Waals surface area (Å²) < 4.78 is 45.0. The number of ether oxygens (including phenoxy) is 2. The Balaban J connectivity index is 0.00000324. The molecule has 0 aliphatic carbocycles. The fourth-order valence-electron chi connectivity index (χ4n) is 3.93. The van der Waals surface area contributed by atoms with Gasteiger partial charge in [0, 0.05) is 22.3 Å². The third-order valence-electron chi connectivity index (χ3n) is 6.12. The van der Waals surface area contributed by atoms with Gasteiger partial charge in [0.15, 0.2) is 0 Å². The normalized spacial score (nSPS) is 10.4. The molecule has 0 heterocycles. The van der Waals surface area contributed by atoms with E-state index in [0.29, 0.717) is 13.2 Å². The summed E-state index contributed by atoms with van der Waals surface area (Å²) in [6.45, 7) is 26.9. The Hall–Kier alpha value is -2.87. The van der Waals surface area contributed by atoms with Crippen LogP contribution < -0.4 is 9.47 Å². The molecule has 0 bridgehead atoms. The largest absolute Gasteiger partial charge is 0.489 e. The van der Waals surface area contributed by atoms with Crippen LogP contribution in [0.2, 0.25) is 0 Å². The van der Waals surface area contributed by atoms with Gasteiger partial charge in [-0.05, 0) is 121 Å². The minimum atomic E-state index is -4.67. The van der Waals surface area contributed by atoms with Crippen LogP contribution in [0.25, 0.3) is 0 Å². The Morgan fingerprint density at radius 1 is 0.465 bits per heavy atom. The summed E-state index contributed by atoms with van der Waals surface area (Å²) in [5, 5.41) is 0. The second-order valence-corrected chi connectivity index (χ2v) is 13.0. The van der Waals surface area contributed by atoms with E-state index in [0.717, 1.165) is 37.2 Å². The van der Waals surface area contributed by atoms with Crippen molar-refractivity contribution in [1.29, 1.82) is 0 Å². The zero-order chi connectivity index (χ0) is 33.3. The van der Waals surface area contributed by atoms with Crippen molar-refractivity contribution in [2.45, 2.75) is 109 Å². The van der Waals surface area contributed by atoms with Crippen LogP contribution in [0, 0.1) is 0 Å². The van der Waals surface area contributed by atoms with Crippen molar-refractivity contribution < 1.29 is 27.0 Å². The lowest BCUT2D eigenvalue weighted by Crippen LogP contribution is -2.12. The van der Waals surface area contributed by atoms with E-state index in [1.165, 1.54) is 55.7 Å². The average molecular weight is 617 g/mol. The molecule has 0 fully saturated rings. The molecule has 0 amide bonds. The van der Waals surface area contributed by atoms with Gasteiger partial charge >= 0.3 is 10.4 Å². The highest BCUT2D eigenvalue weighted by atomic mass is 32.3. The van der Waals surface area contributed by atoms with E-state index in [9.17, 15) is 0 Å². The van der Waals surface area contributed by atoms with Crippen molar-refractivity contribution in [1.82, 2.24) is 0 Å². The first-order valence-corrected chi connectivity index (χ1v) is 16.2. The summed E-state index contributed by atoms with van der Waals surface area (Å²) >= 11 is 0. The van der Waals surface area contributed by atoms with Crippen LogP contribution >= 0.6 is 0 Å². The van der Waals surface area contributed by atoms with E-state index in [1.807, 2.05) is 0 Å². The van der Waals surface area contributed by atoms with Gasteiger partial charge in [0.05, 0.1) is 0 Å². The van der Waals surface area contributed by atoms with E-state index in [1.54, 1.807) is 0 Å². The SMILES string of the molecule is CC(C)=CCOc1c(CC=C(C)C)c(CC=C(C)C)c(OCC=C(C)C)c(CC=C(C)C)c1CC=C(C)C.O=S(=O)(O)O. The predicted molar refractivity (Wildman–Crippen MR) is 183 cm³/mol. The lowest BCUT2D eigenvalue weighted by Gasteiger charge is -2.26. The van der Waals surface area contributed by atoms with Gasteiger partial charge in [0.25, 0.3) is 0 Å². The van der Waals surface area contributed by atoms with E-state index < -0.39 is 10.4 Å². The molecule has 0 radical (unpaired) electrons. The summed E-state index contributed by atoms with van der Waals surface area (Å²) in [5.41, 5.74) is 12.7. The highest BCUT2D eigenvalue weighted by Gasteiger charge is 2.24. The molecule has 0 saturated carbocycles. The van der Waals surface area contributed by atoms with Crippen molar-refractivity contribution in [2.75, 3.05) is 13.2 Å². The van der Waals surface area contributed by atoms with Crippen molar-refractivity contribution in [3.8, 4) is 11.5 Å². The second kappa shape index (κ2) is 20.2. The Labute approximate surface area is 262 Å². The molecule has 0 aliphatic rings. The number of hydrogen-bond donors (Lipinski definition) is 2. The highest BCUT2D eigenvalue weighted by molar-refractivity contribution is 7.79. The molecule has 1 aromatic carbocycles. The van der Waals surface area contributed by atoms with Crippen molar-refractivity contribution >= 4 is 10.4 Å².